The molecule has 7 nitrogen and oxygen atoms in total. The predicted octanol–water partition coefficient (Wildman–Crippen LogP) is 1.95. The number of benzene rings is 1. The van der Waals surface area contributed by atoms with E-state index in [4.69, 9.17) is 4.74 Å². The number of rotatable bonds is 5. The molecule has 126 valence electrons. The molecule has 1 N–H and O–H groups in total. The van der Waals surface area contributed by atoms with Crippen molar-refractivity contribution in [1.29, 1.82) is 0 Å². The molecule has 0 saturated carbocycles. The Morgan fingerprint density at radius 1 is 1.20 bits per heavy atom. The van der Waals surface area contributed by atoms with Crippen LogP contribution < -0.4 is 15.6 Å². The molecule has 0 unspecified atom stereocenters. The van der Waals surface area contributed by atoms with Crippen LogP contribution in [0, 0.1) is 0 Å². The minimum absolute atomic E-state index is 0.189. The fourth-order valence-corrected chi connectivity index (χ4v) is 2.27. The van der Waals surface area contributed by atoms with Gasteiger partial charge < -0.3 is 10.1 Å². The summed E-state index contributed by atoms with van der Waals surface area (Å²) >= 11 is 0. The molecule has 3 aromatic rings. The second-order valence-corrected chi connectivity index (χ2v) is 5.24. The number of hydrogen-bond donors (Lipinski definition) is 1. The molecule has 1 amide bonds. The van der Waals surface area contributed by atoms with Gasteiger partial charge in [-0.25, -0.2) is 4.68 Å². The van der Waals surface area contributed by atoms with Crippen LogP contribution in [-0.4, -0.2) is 27.8 Å². The summed E-state index contributed by atoms with van der Waals surface area (Å²) in [5, 5.41) is 6.95. The van der Waals surface area contributed by atoms with Crippen LogP contribution in [0.4, 0.5) is 5.69 Å². The maximum absolute atomic E-state index is 12.1. The number of ether oxygens (including phenoxy) is 1. The maximum Gasteiger partial charge on any atom is 0.267 e. The largest absolute Gasteiger partial charge is 0.497 e. The Hall–Kier alpha value is -3.48. The van der Waals surface area contributed by atoms with Gasteiger partial charge in [0.1, 0.15) is 12.3 Å². The number of carbonyl (C=O) groups excluding carboxylic acids is 1. The first-order chi connectivity index (χ1) is 12.2. The van der Waals surface area contributed by atoms with E-state index in [0.29, 0.717) is 17.1 Å². The molecule has 0 fully saturated rings. The number of amides is 1. The van der Waals surface area contributed by atoms with Crippen molar-refractivity contribution in [2.45, 2.75) is 6.54 Å². The summed E-state index contributed by atoms with van der Waals surface area (Å²) in [6.45, 7) is -0.189. The Bertz CT molecular complexity index is 938. The van der Waals surface area contributed by atoms with Gasteiger partial charge in [0, 0.05) is 17.8 Å². The standard InChI is InChI=1S/C18H16N4O3/c1-25-15-6-2-4-13(10-15)16-7-8-18(24)22(21-16)12-17(23)20-14-5-3-9-19-11-14/h2-11H,12H2,1H3,(H,20,23). The van der Waals surface area contributed by atoms with Crippen molar-refractivity contribution in [2.75, 3.05) is 12.4 Å². The lowest BCUT2D eigenvalue weighted by Gasteiger charge is -2.09. The number of nitrogens with zero attached hydrogens (tertiary/aromatic N) is 3. The molecule has 25 heavy (non-hydrogen) atoms. The fourth-order valence-electron chi connectivity index (χ4n) is 2.27. The van der Waals surface area contributed by atoms with Crippen molar-refractivity contribution in [2.24, 2.45) is 0 Å². The average molecular weight is 336 g/mol. The Kier molecular flexibility index (Phi) is 4.84. The number of hydrogen-bond acceptors (Lipinski definition) is 5. The molecule has 0 spiro atoms. The normalized spacial score (nSPS) is 10.3. The minimum Gasteiger partial charge on any atom is -0.497 e. The maximum atomic E-state index is 12.1. The van der Waals surface area contributed by atoms with Crippen LogP contribution in [0.15, 0.2) is 65.7 Å². The number of aromatic nitrogens is 3. The van der Waals surface area contributed by atoms with Crippen LogP contribution >= 0.6 is 0 Å². The van der Waals surface area contributed by atoms with E-state index in [0.717, 1.165) is 10.2 Å². The quantitative estimate of drug-likeness (QED) is 0.770. The van der Waals surface area contributed by atoms with E-state index in [9.17, 15) is 9.59 Å². The Labute approximate surface area is 143 Å². The van der Waals surface area contributed by atoms with E-state index in [2.05, 4.69) is 15.4 Å². The van der Waals surface area contributed by atoms with Crippen LogP contribution in [0.1, 0.15) is 0 Å². The molecule has 3 rings (SSSR count). The molecule has 2 heterocycles. The molecule has 1 aromatic carbocycles. The second-order valence-electron chi connectivity index (χ2n) is 5.24. The highest BCUT2D eigenvalue weighted by atomic mass is 16.5. The first-order valence-electron chi connectivity index (χ1n) is 7.58. The number of pyridine rings is 1. The lowest BCUT2D eigenvalue weighted by Crippen LogP contribution is -2.29. The minimum atomic E-state index is -0.356. The number of nitrogens with one attached hydrogen (secondary N) is 1. The molecule has 0 saturated heterocycles. The highest BCUT2D eigenvalue weighted by Crippen LogP contribution is 2.21. The highest BCUT2D eigenvalue weighted by Gasteiger charge is 2.09. The topological polar surface area (TPSA) is 86.1 Å². The third-order valence-electron chi connectivity index (χ3n) is 3.47. The van der Waals surface area contributed by atoms with Crippen LogP contribution in [0.3, 0.4) is 0 Å². The fraction of sp³-hybridized carbons (Fsp3) is 0.111. The first kappa shape index (κ1) is 16.4. The third-order valence-corrected chi connectivity index (χ3v) is 3.47. The van der Waals surface area contributed by atoms with Crippen LogP contribution in [0.2, 0.25) is 0 Å². The smallest absolute Gasteiger partial charge is 0.267 e. The van der Waals surface area contributed by atoms with Crippen molar-refractivity contribution in [3.63, 3.8) is 0 Å². The summed E-state index contributed by atoms with van der Waals surface area (Å²) in [4.78, 5) is 28.0. The molecular formula is C18H16N4O3. The Balaban J connectivity index is 1.82. The SMILES string of the molecule is COc1cccc(-c2ccc(=O)n(CC(=O)Nc3cccnc3)n2)c1. The van der Waals surface area contributed by atoms with Gasteiger partial charge in [-0.1, -0.05) is 12.1 Å². The van der Waals surface area contributed by atoms with Gasteiger partial charge in [-0.3, -0.25) is 14.6 Å². The van der Waals surface area contributed by atoms with E-state index in [1.54, 1.807) is 31.5 Å². The van der Waals surface area contributed by atoms with Gasteiger partial charge in [-0.15, -0.1) is 0 Å². The van der Waals surface area contributed by atoms with Gasteiger partial charge in [0.25, 0.3) is 5.56 Å². The van der Waals surface area contributed by atoms with E-state index in [1.807, 2.05) is 24.3 Å². The Morgan fingerprint density at radius 3 is 2.84 bits per heavy atom. The first-order valence-corrected chi connectivity index (χ1v) is 7.58. The van der Waals surface area contributed by atoms with Gasteiger partial charge in [-0.2, -0.15) is 5.10 Å². The molecule has 7 heteroatoms. The molecule has 0 atom stereocenters. The zero-order valence-corrected chi connectivity index (χ0v) is 13.5. The molecule has 0 bridgehead atoms. The van der Waals surface area contributed by atoms with Crippen molar-refractivity contribution in [3.05, 3.63) is 71.3 Å². The van der Waals surface area contributed by atoms with Crippen molar-refractivity contribution >= 4 is 11.6 Å². The van der Waals surface area contributed by atoms with Crippen LogP contribution in [-0.2, 0) is 11.3 Å². The van der Waals surface area contributed by atoms with Gasteiger partial charge in [0.2, 0.25) is 5.91 Å². The van der Waals surface area contributed by atoms with Crippen molar-refractivity contribution in [3.8, 4) is 17.0 Å². The lowest BCUT2D eigenvalue weighted by molar-refractivity contribution is -0.117. The summed E-state index contributed by atoms with van der Waals surface area (Å²) in [7, 11) is 1.58. The van der Waals surface area contributed by atoms with Crippen molar-refractivity contribution < 1.29 is 9.53 Å². The summed E-state index contributed by atoms with van der Waals surface area (Å²) < 4.78 is 6.32. The van der Waals surface area contributed by atoms with E-state index >= 15 is 0 Å². The molecule has 0 aliphatic heterocycles. The van der Waals surface area contributed by atoms with Crippen LogP contribution in [0.5, 0.6) is 5.75 Å². The number of methoxy groups -OCH3 is 1. The van der Waals surface area contributed by atoms with Gasteiger partial charge >= 0.3 is 0 Å². The van der Waals surface area contributed by atoms with Crippen LogP contribution in [0.25, 0.3) is 11.3 Å². The van der Waals surface area contributed by atoms with E-state index in [1.165, 1.54) is 12.3 Å². The number of anilines is 1. The molecule has 0 aliphatic carbocycles. The molecule has 0 aliphatic rings. The second kappa shape index (κ2) is 7.39. The molecular weight excluding hydrogens is 320 g/mol. The monoisotopic (exact) mass is 336 g/mol. The van der Waals surface area contributed by atoms with Gasteiger partial charge in [0.05, 0.1) is 24.7 Å². The lowest BCUT2D eigenvalue weighted by atomic mass is 10.1. The van der Waals surface area contributed by atoms with Crippen molar-refractivity contribution in [1.82, 2.24) is 14.8 Å². The molecule has 2 aromatic heterocycles. The third kappa shape index (κ3) is 4.08. The predicted molar refractivity (Wildman–Crippen MR) is 93.4 cm³/mol. The zero-order valence-electron chi connectivity index (χ0n) is 13.5. The summed E-state index contributed by atoms with van der Waals surface area (Å²) in [5.41, 5.74) is 1.57. The summed E-state index contributed by atoms with van der Waals surface area (Å²) in [5.74, 6) is 0.330. The van der Waals surface area contributed by atoms with E-state index < -0.39 is 0 Å². The summed E-state index contributed by atoms with van der Waals surface area (Å²) in [6, 6.07) is 13.8. The summed E-state index contributed by atoms with van der Waals surface area (Å²) in [6.07, 6.45) is 3.14. The average Bonchev–Trinajstić information content (AvgIpc) is 2.64. The highest BCUT2D eigenvalue weighted by molar-refractivity contribution is 5.90. The Morgan fingerprint density at radius 2 is 2.08 bits per heavy atom. The van der Waals surface area contributed by atoms with E-state index in [-0.39, 0.29) is 18.0 Å². The van der Waals surface area contributed by atoms with Gasteiger partial charge in [-0.05, 0) is 30.3 Å². The molecule has 0 radical (unpaired) electrons. The zero-order chi connectivity index (χ0) is 17.6. The van der Waals surface area contributed by atoms with Gasteiger partial charge in [0.15, 0.2) is 0 Å². The number of carbonyl (C=O) groups is 1.